The minimum atomic E-state index is -0.616. The van der Waals surface area contributed by atoms with Crippen molar-refractivity contribution in [2.45, 2.75) is 19.1 Å². The lowest BCUT2D eigenvalue weighted by Gasteiger charge is -2.15. The summed E-state index contributed by atoms with van der Waals surface area (Å²) < 4.78 is 0. The van der Waals surface area contributed by atoms with Gasteiger partial charge in [-0.25, -0.2) is 0 Å². The average molecular weight is 220 g/mol. The van der Waals surface area contributed by atoms with E-state index < -0.39 is 12.1 Å². The van der Waals surface area contributed by atoms with E-state index in [-0.39, 0.29) is 0 Å². The maximum absolute atomic E-state index is 9.24. The highest BCUT2D eigenvalue weighted by molar-refractivity contribution is 6.34. The number of rotatable bonds is 2. The van der Waals surface area contributed by atoms with Crippen molar-refractivity contribution in [2.24, 2.45) is 5.73 Å². The molecular formula is C9H11Cl2NO. The third-order valence-electron chi connectivity index (χ3n) is 1.79. The van der Waals surface area contributed by atoms with Crippen molar-refractivity contribution in [3.8, 4) is 0 Å². The van der Waals surface area contributed by atoms with Crippen molar-refractivity contribution in [3.05, 3.63) is 33.8 Å². The second-order valence-corrected chi connectivity index (χ2v) is 3.84. The summed E-state index contributed by atoms with van der Waals surface area (Å²) in [6, 6.07) is 4.58. The molecule has 0 aliphatic carbocycles. The summed E-state index contributed by atoms with van der Waals surface area (Å²) in [6.45, 7) is 1.62. The molecule has 72 valence electrons. The van der Waals surface area contributed by atoms with Crippen LogP contribution in [0.25, 0.3) is 0 Å². The molecule has 2 nitrogen and oxygen atoms in total. The number of benzene rings is 1. The van der Waals surface area contributed by atoms with Gasteiger partial charge in [0.25, 0.3) is 0 Å². The van der Waals surface area contributed by atoms with Crippen LogP contribution in [0.15, 0.2) is 18.2 Å². The van der Waals surface area contributed by atoms with Crippen molar-refractivity contribution in [3.63, 3.8) is 0 Å². The average Bonchev–Trinajstić information content (AvgIpc) is 2.01. The zero-order chi connectivity index (χ0) is 10.0. The quantitative estimate of drug-likeness (QED) is 0.803. The number of halogens is 2. The van der Waals surface area contributed by atoms with Crippen LogP contribution in [-0.2, 0) is 0 Å². The first kappa shape index (κ1) is 10.8. The Morgan fingerprint density at radius 2 is 1.69 bits per heavy atom. The summed E-state index contributed by atoms with van der Waals surface area (Å²) in [4.78, 5) is 0. The Hall–Kier alpha value is -0.280. The lowest BCUT2D eigenvalue weighted by atomic mass is 10.0. The van der Waals surface area contributed by atoms with E-state index in [1.165, 1.54) is 0 Å². The Bertz CT molecular complexity index is 281. The van der Waals surface area contributed by atoms with Crippen LogP contribution in [0.3, 0.4) is 0 Å². The lowest BCUT2D eigenvalue weighted by molar-refractivity contribution is 0.164. The number of aliphatic hydroxyl groups excluding tert-OH is 1. The molecule has 4 heteroatoms. The number of hydrogen-bond acceptors (Lipinski definition) is 2. The van der Waals surface area contributed by atoms with Gasteiger partial charge in [0, 0.05) is 10.0 Å². The molecule has 0 radical (unpaired) electrons. The van der Waals surface area contributed by atoms with Gasteiger partial charge >= 0.3 is 0 Å². The normalized spacial score (nSPS) is 15.5. The van der Waals surface area contributed by atoms with E-state index in [0.29, 0.717) is 10.0 Å². The van der Waals surface area contributed by atoms with Gasteiger partial charge in [-0.1, -0.05) is 23.2 Å². The predicted molar refractivity (Wildman–Crippen MR) is 55.1 cm³/mol. The van der Waals surface area contributed by atoms with Crippen LogP contribution < -0.4 is 5.73 Å². The van der Waals surface area contributed by atoms with Gasteiger partial charge in [-0.05, 0) is 30.7 Å². The van der Waals surface area contributed by atoms with Crippen LogP contribution in [-0.4, -0.2) is 11.2 Å². The first-order valence-electron chi connectivity index (χ1n) is 3.90. The van der Waals surface area contributed by atoms with E-state index in [1.807, 2.05) is 0 Å². The van der Waals surface area contributed by atoms with Gasteiger partial charge in [0.1, 0.15) is 0 Å². The molecule has 0 aliphatic heterocycles. The summed E-state index contributed by atoms with van der Waals surface area (Å²) in [5.41, 5.74) is 6.45. The summed E-state index contributed by atoms with van der Waals surface area (Å²) >= 11 is 11.6. The topological polar surface area (TPSA) is 46.2 Å². The number of aliphatic hydroxyl groups is 1. The maximum Gasteiger partial charge on any atom is 0.0704 e. The minimum absolute atomic E-state index is 0.448. The Labute approximate surface area is 87.3 Å². The molecule has 0 saturated heterocycles. The molecule has 0 bridgehead atoms. The Morgan fingerprint density at radius 3 is 2.08 bits per heavy atom. The maximum atomic E-state index is 9.24. The standard InChI is InChI=1S/C9H11Cl2NO/c1-5(13)9(12)6-2-7(10)4-8(11)3-6/h2-5,9,13H,12H2,1H3/t5-,9-/m0/s1. The van der Waals surface area contributed by atoms with Gasteiger partial charge in [-0.3, -0.25) is 0 Å². The van der Waals surface area contributed by atoms with Crippen molar-refractivity contribution in [2.75, 3.05) is 0 Å². The summed E-state index contributed by atoms with van der Waals surface area (Å²) in [5.74, 6) is 0. The van der Waals surface area contributed by atoms with E-state index in [0.717, 1.165) is 5.56 Å². The molecule has 2 atom stereocenters. The van der Waals surface area contributed by atoms with E-state index in [9.17, 15) is 5.11 Å². The molecule has 0 saturated carbocycles. The molecule has 0 unspecified atom stereocenters. The monoisotopic (exact) mass is 219 g/mol. The molecule has 0 aromatic heterocycles. The molecule has 0 spiro atoms. The lowest BCUT2D eigenvalue weighted by Crippen LogP contribution is -2.23. The highest BCUT2D eigenvalue weighted by atomic mass is 35.5. The molecule has 1 aromatic rings. The van der Waals surface area contributed by atoms with Crippen LogP contribution in [0, 0.1) is 0 Å². The van der Waals surface area contributed by atoms with Crippen molar-refractivity contribution in [1.82, 2.24) is 0 Å². The van der Waals surface area contributed by atoms with Gasteiger partial charge in [0.2, 0.25) is 0 Å². The first-order valence-corrected chi connectivity index (χ1v) is 4.66. The molecular weight excluding hydrogens is 209 g/mol. The minimum Gasteiger partial charge on any atom is -0.391 e. The van der Waals surface area contributed by atoms with Crippen LogP contribution in [0.1, 0.15) is 18.5 Å². The zero-order valence-electron chi connectivity index (χ0n) is 7.17. The van der Waals surface area contributed by atoms with Crippen LogP contribution in [0.2, 0.25) is 10.0 Å². The predicted octanol–water partition coefficient (Wildman–Crippen LogP) is 2.37. The largest absolute Gasteiger partial charge is 0.391 e. The van der Waals surface area contributed by atoms with Crippen LogP contribution in [0.5, 0.6) is 0 Å². The molecule has 1 aromatic carbocycles. The highest BCUT2D eigenvalue weighted by Gasteiger charge is 2.12. The van der Waals surface area contributed by atoms with Crippen molar-refractivity contribution in [1.29, 1.82) is 0 Å². The Morgan fingerprint density at radius 1 is 1.23 bits per heavy atom. The summed E-state index contributed by atoms with van der Waals surface area (Å²) in [7, 11) is 0. The second-order valence-electron chi connectivity index (χ2n) is 2.97. The molecule has 0 amide bonds. The Kier molecular flexibility index (Phi) is 3.56. The molecule has 0 fully saturated rings. The molecule has 13 heavy (non-hydrogen) atoms. The highest BCUT2D eigenvalue weighted by Crippen LogP contribution is 2.23. The SMILES string of the molecule is C[C@H](O)[C@H](N)c1cc(Cl)cc(Cl)c1. The van der Waals surface area contributed by atoms with Gasteiger partial charge in [0.15, 0.2) is 0 Å². The molecule has 0 heterocycles. The third kappa shape index (κ3) is 2.85. The zero-order valence-corrected chi connectivity index (χ0v) is 8.68. The fourth-order valence-corrected chi connectivity index (χ4v) is 1.59. The van der Waals surface area contributed by atoms with E-state index in [1.54, 1.807) is 25.1 Å². The Balaban J connectivity index is 3.01. The fourth-order valence-electron chi connectivity index (χ4n) is 1.05. The smallest absolute Gasteiger partial charge is 0.0704 e. The van der Waals surface area contributed by atoms with E-state index >= 15 is 0 Å². The summed E-state index contributed by atoms with van der Waals surface area (Å²) in [5, 5.41) is 10.3. The van der Waals surface area contributed by atoms with Gasteiger partial charge < -0.3 is 10.8 Å². The van der Waals surface area contributed by atoms with E-state index in [2.05, 4.69) is 0 Å². The second kappa shape index (κ2) is 4.29. The number of hydrogen-bond donors (Lipinski definition) is 2. The summed E-state index contributed by atoms with van der Waals surface area (Å²) in [6.07, 6.45) is -0.616. The van der Waals surface area contributed by atoms with Gasteiger partial charge in [-0.15, -0.1) is 0 Å². The van der Waals surface area contributed by atoms with Crippen LogP contribution >= 0.6 is 23.2 Å². The number of nitrogens with two attached hydrogens (primary N) is 1. The van der Waals surface area contributed by atoms with Gasteiger partial charge in [0.05, 0.1) is 12.1 Å². The first-order chi connectivity index (χ1) is 6.00. The van der Waals surface area contributed by atoms with Crippen LogP contribution in [0.4, 0.5) is 0 Å². The molecule has 0 aliphatic rings. The van der Waals surface area contributed by atoms with Crippen molar-refractivity contribution < 1.29 is 5.11 Å². The third-order valence-corrected chi connectivity index (χ3v) is 2.23. The fraction of sp³-hybridized carbons (Fsp3) is 0.333. The van der Waals surface area contributed by atoms with Gasteiger partial charge in [-0.2, -0.15) is 0 Å². The molecule has 3 N–H and O–H groups in total. The molecule has 1 rings (SSSR count). The van der Waals surface area contributed by atoms with Crippen molar-refractivity contribution >= 4 is 23.2 Å². The van der Waals surface area contributed by atoms with E-state index in [4.69, 9.17) is 28.9 Å².